The Labute approximate surface area is 94.0 Å². The van der Waals surface area contributed by atoms with E-state index >= 15 is 0 Å². The molecule has 1 aromatic heterocycles. The number of aromatic nitrogens is 1. The van der Waals surface area contributed by atoms with Crippen molar-refractivity contribution in [1.82, 2.24) is 4.98 Å². The maximum Gasteiger partial charge on any atom is 0.133 e. The summed E-state index contributed by atoms with van der Waals surface area (Å²) in [5.74, 6) is 2.02. The van der Waals surface area contributed by atoms with Gasteiger partial charge in [-0.1, -0.05) is 17.7 Å². The normalized spacial score (nSPS) is 10.4. The highest BCUT2D eigenvalue weighted by Crippen LogP contribution is 2.18. The Hall–Kier alpha value is -0.250. The van der Waals surface area contributed by atoms with Crippen LogP contribution >= 0.6 is 23.4 Å². The molecule has 0 aliphatic heterocycles. The third kappa shape index (κ3) is 4.31. The summed E-state index contributed by atoms with van der Waals surface area (Å²) in [6, 6.07) is 3.93. The predicted molar refractivity (Wildman–Crippen MR) is 61.9 cm³/mol. The predicted octanol–water partition coefficient (Wildman–Crippen LogP) is 3.00. The molecule has 4 heteroatoms. The second kappa shape index (κ2) is 7.10. The summed E-state index contributed by atoms with van der Waals surface area (Å²) in [6.07, 6.45) is 2.79. The summed E-state index contributed by atoms with van der Waals surface area (Å²) in [4.78, 5) is 4.02. The summed E-state index contributed by atoms with van der Waals surface area (Å²) in [6.45, 7) is 0.827. The summed E-state index contributed by atoms with van der Waals surface area (Å²) in [5.41, 5.74) is 1.11. The third-order valence-electron chi connectivity index (χ3n) is 1.73. The van der Waals surface area contributed by atoms with E-state index in [0.29, 0.717) is 5.15 Å². The summed E-state index contributed by atoms with van der Waals surface area (Å²) in [5, 5.41) is 0.617. The van der Waals surface area contributed by atoms with Gasteiger partial charge in [0.2, 0.25) is 0 Å². The van der Waals surface area contributed by atoms with E-state index in [1.165, 1.54) is 0 Å². The molecular formula is C10H14ClNOS. The van der Waals surface area contributed by atoms with Gasteiger partial charge in [0.25, 0.3) is 0 Å². The molecule has 0 bridgehead atoms. The minimum absolute atomic E-state index is 0.617. The van der Waals surface area contributed by atoms with Gasteiger partial charge in [0.1, 0.15) is 5.15 Å². The number of nitrogens with zero attached hydrogens (tertiary/aromatic N) is 1. The van der Waals surface area contributed by atoms with Crippen LogP contribution < -0.4 is 0 Å². The fourth-order valence-corrected chi connectivity index (χ4v) is 2.20. The molecule has 0 aliphatic carbocycles. The van der Waals surface area contributed by atoms with Gasteiger partial charge in [-0.15, -0.1) is 0 Å². The quantitative estimate of drug-likeness (QED) is 0.555. The highest BCUT2D eigenvalue weighted by molar-refractivity contribution is 7.98. The van der Waals surface area contributed by atoms with Gasteiger partial charge in [-0.3, -0.25) is 0 Å². The topological polar surface area (TPSA) is 22.1 Å². The number of hydrogen-bond acceptors (Lipinski definition) is 3. The molecule has 0 aromatic carbocycles. The lowest BCUT2D eigenvalue weighted by Crippen LogP contribution is -1.92. The minimum Gasteiger partial charge on any atom is -0.385 e. The molecule has 0 spiro atoms. The summed E-state index contributed by atoms with van der Waals surface area (Å²) < 4.78 is 4.97. The first-order valence-electron chi connectivity index (χ1n) is 4.50. The molecular weight excluding hydrogens is 218 g/mol. The zero-order valence-electron chi connectivity index (χ0n) is 8.20. The van der Waals surface area contributed by atoms with Crippen molar-refractivity contribution in [3.05, 3.63) is 29.0 Å². The van der Waals surface area contributed by atoms with Crippen LogP contribution in [0.5, 0.6) is 0 Å². The zero-order chi connectivity index (χ0) is 10.2. The molecule has 0 amide bonds. The lowest BCUT2D eigenvalue weighted by atomic mass is 10.3. The standard InChI is InChI=1S/C10H14ClNOS/c1-13-6-3-7-14-8-9-4-2-5-12-10(9)11/h2,4-5H,3,6-8H2,1H3. The van der Waals surface area contributed by atoms with Gasteiger partial charge in [-0.25, -0.2) is 4.98 Å². The van der Waals surface area contributed by atoms with Crippen LogP contribution in [-0.4, -0.2) is 24.5 Å². The molecule has 78 valence electrons. The second-order valence-corrected chi connectivity index (χ2v) is 4.32. The molecule has 1 rings (SSSR count). The lowest BCUT2D eigenvalue weighted by molar-refractivity contribution is 0.200. The molecule has 1 aromatic rings. The van der Waals surface area contributed by atoms with E-state index in [4.69, 9.17) is 16.3 Å². The fourth-order valence-electron chi connectivity index (χ4n) is 1.01. The van der Waals surface area contributed by atoms with Crippen LogP contribution in [0.4, 0.5) is 0 Å². The number of thioether (sulfide) groups is 1. The lowest BCUT2D eigenvalue weighted by Gasteiger charge is -2.02. The Morgan fingerprint density at radius 1 is 1.57 bits per heavy atom. The molecule has 1 heterocycles. The largest absolute Gasteiger partial charge is 0.385 e. The number of halogens is 1. The van der Waals surface area contributed by atoms with E-state index in [0.717, 1.165) is 30.1 Å². The van der Waals surface area contributed by atoms with Gasteiger partial charge >= 0.3 is 0 Å². The van der Waals surface area contributed by atoms with Crippen molar-refractivity contribution in [3.63, 3.8) is 0 Å². The molecule has 0 N–H and O–H groups in total. The van der Waals surface area contributed by atoms with E-state index in [2.05, 4.69) is 4.98 Å². The van der Waals surface area contributed by atoms with Crippen LogP contribution in [0.2, 0.25) is 5.15 Å². The van der Waals surface area contributed by atoms with E-state index in [-0.39, 0.29) is 0 Å². The molecule has 0 atom stereocenters. The van der Waals surface area contributed by atoms with Gasteiger partial charge in [0.05, 0.1) is 0 Å². The van der Waals surface area contributed by atoms with Crippen LogP contribution in [0, 0.1) is 0 Å². The van der Waals surface area contributed by atoms with E-state index in [1.54, 1.807) is 13.3 Å². The van der Waals surface area contributed by atoms with Crippen molar-refractivity contribution >= 4 is 23.4 Å². The highest BCUT2D eigenvalue weighted by atomic mass is 35.5. The highest BCUT2D eigenvalue weighted by Gasteiger charge is 1.99. The zero-order valence-corrected chi connectivity index (χ0v) is 9.77. The van der Waals surface area contributed by atoms with Crippen molar-refractivity contribution in [2.75, 3.05) is 19.5 Å². The molecule has 14 heavy (non-hydrogen) atoms. The molecule has 0 saturated carbocycles. The number of ether oxygens (including phenoxy) is 1. The maximum atomic E-state index is 5.92. The number of rotatable bonds is 6. The summed E-state index contributed by atoms with van der Waals surface area (Å²) in [7, 11) is 1.72. The second-order valence-electron chi connectivity index (χ2n) is 2.85. The van der Waals surface area contributed by atoms with Crippen molar-refractivity contribution in [2.45, 2.75) is 12.2 Å². The third-order valence-corrected chi connectivity index (χ3v) is 3.16. The molecule has 2 nitrogen and oxygen atoms in total. The molecule has 0 radical (unpaired) electrons. The fraction of sp³-hybridized carbons (Fsp3) is 0.500. The monoisotopic (exact) mass is 231 g/mol. The van der Waals surface area contributed by atoms with Crippen LogP contribution in [-0.2, 0) is 10.5 Å². The summed E-state index contributed by atoms with van der Waals surface area (Å²) >= 11 is 7.77. The van der Waals surface area contributed by atoms with E-state index in [9.17, 15) is 0 Å². The Balaban J connectivity index is 2.21. The Morgan fingerprint density at radius 3 is 3.14 bits per heavy atom. The van der Waals surface area contributed by atoms with Crippen LogP contribution in [0.1, 0.15) is 12.0 Å². The number of methoxy groups -OCH3 is 1. The van der Waals surface area contributed by atoms with Crippen molar-refractivity contribution in [1.29, 1.82) is 0 Å². The first kappa shape index (κ1) is 11.8. The van der Waals surface area contributed by atoms with E-state index < -0.39 is 0 Å². The van der Waals surface area contributed by atoms with Crippen LogP contribution in [0.25, 0.3) is 0 Å². The molecule has 0 saturated heterocycles. The van der Waals surface area contributed by atoms with Gasteiger partial charge in [-0.2, -0.15) is 11.8 Å². The minimum atomic E-state index is 0.617. The van der Waals surface area contributed by atoms with E-state index in [1.807, 2.05) is 23.9 Å². The number of hydrogen-bond donors (Lipinski definition) is 0. The van der Waals surface area contributed by atoms with Gasteiger partial charge in [0, 0.05) is 25.7 Å². The Kier molecular flexibility index (Phi) is 5.99. The average molecular weight is 232 g/mol. The Morgan fingerprint density at radius 2 is 2.43 bits per heavy atom. The van der Waals surface area contributed by atoms with Crippen LogP contribution in [0.15, 0.2) is 18.3 Å². The van der Waals surface area contributed by atoms with Gasteiger partial charge < -0.3 is 4.74 Å². The first-order chi connectivity index (χ1) is 6.84. The molecule has 0 fully saturated rings. The van der Waals surface area contributed by atoms with Crippen molar-refractivity contribution < 1.29 is 4.74 Å². The smallest absolute Gasteiger partial charge is 0.133 e. The van der Waals surface area contributed by atoms with Crippen molar-refractivity contribution in [2.24, 2.45) is 0 Å². The average Bonchev–Trinajstić information content (AvgIpc) is 2.20. The van der Waals surface area contributed by atoms with Crippen LogP contribution in [0.3, 0.4) is 0 Å². The number of pyridine rings is 1. The Bertz CT molecular complexity index is 270. The first-order valence-corrected chi connectivity index (χ1v) is 6.04. The van der Waals surface area contributed by atoms with Gasteiger partial charge in [-0.05, 0) is 23.8 Å². The SMILES string of the molecule is COCCCSCc1cccnc1Cl. The molecule has 0 unspecified atom stereocenters. The van der Waals surface area contributed by atoms with Crippen molar-refractivity contribution in [3.8, 4) is 0 Å². The molecule has 0 aliphatic rings. The van der Waals surface area contributed by atoms with Gasteiger partial charge in [0.15, 0.2) is 0 Å². The maximum absolute atomic E-state index is 5.92.